The molecule has 0 amide bonds. The summed E-state index contributed by atoms with van der Waals surface area (Å²) in [6, 6.07) is 11.2. The second-order valence-corrected chi connectivity index (χ2v) is 4.52. The van der Waals surface area contributed by atoms with Crippen molar-refractivity contribution in [1.82, 2.24) is 10.5 Å². The molecule has 0 radical (unpaired) electrons. The van der Waals surface area contributed by atoms with Crippen molar-refractivity contribution in [3.8, 4) is 23.8 Å². The van der Waals surface area contributed by atoms with Gasteiger partial charge in [0.25, 0.3) is 0 Å². The Morgan fingerprint density at radius 3 is 2.82 bits per heavy atom. The normalized spacial score (nSPS) is 16.3. The zero-order valence-corrected chi connectivity index (χ0v) is 11.7. The van der Waals surface area contributed by atoms with Crippen LogP contribution in [0.1, 0.15) is 11.7 Å². The third-order valence-corrected chi connectivity index (χ3v) is 2.98. The van der Waals surface area contributed by atoms with Gasteiger partial charge >= 0.3 is 0 Å². The minimum absolute atomic E-state index is 0.228. The minimum Gasteiger partial charge on any atom is -0.481 e. The molecule has 0 saturated carbocycles. The van der Waals surface area contributed by atoms with Gasteiger partial charge in [-0.05, 0) is 29.8 Å². The van der Waals surface area contributed by atoms with Crippen LogP contribution in [0.25, 0.3) is 0 Å². The van der Waals surface area contributed by atoms with E-state index in [0.717, 1.165) is 11.3 Å². The van der Waals surface area contributed by atoms with Crippen molar-refractivity contribution < 1.29 is 14.3 Å². The molecule has 110 valence electrons. The molecule has 1 aliphatic heterocycles. The maximum Gasteiger partial charge on any atom is 0.216 e. The summed E-state index contributed by atoms with van der Waals surface area (Å²) in [4.78, 5) is 9.47. The number of hydroxylamine groups is 1. The van der Waals surface area contributed by atoms with Gasteiger partial charge in [-0.1, -0.05) is 18.1 Å². The molecule has 3 rings (SSSR count). The second-order valence-electron chi connectivity index (χ2n) is 4.52. The van der Waals surface area contributed by atoms with E-state index in [2.05, 4.69) is 16.4 Å². The summed E-state index contributed by atoms with van der Waals surface area (Å²) in [5.74, 6) is 4.33. The Bertz CT molecular complexity index is 690. The van der Waals surface area contributed by atoms with Gasteiger partial charge in [-0.2, -0.15) is 0 Å². The summed E-state index contributed by atoms with van der Waals surface area (Å²) >= 11 is 0. The summed E-state index contributed by atoms with van der Waals surface area (Å²) in [5, 5.41) is 0. The van der Waals surface area contributed by atoms with Gasteiger partial charge in [0, 0.05) is 12.3 Å². The summed E-state index contributed by atoms with van der Waals surface area (Å²) < 4.78 is 11.0. The van der Waals surface area contributed by atoms with Crippen LogP contribution in [-0.2, 0) is 4.84 Å². The van der Waals surface area contributed by atoms with Crippen LogP contribution in [0.15, 0.2) is 60.8 Å². The smallest absolute Gasteiger partial charge is 0.216 e. The molecule has 0 aliphatic carbocycles. The van der Waals surface area contributed by atoms with E-state index in [9.17, 15) is 0 Å². The van der Waals surface area contributed by atoms with Crippen molar-refractivity contribution >= 4 is 0 Å². The number of hydrogen-bond acceptors (Lipinski definition) is 5. The lowest BCUT2D eigenvalue weighted by atomic mass is 10.1. The van der Waals surface area contributed by atoms with Gasteiger partial charge in [-0.15, -0.1) is 6.42 Å². The molecular weight excluding hydrogens is 280 g/mol. The molecule has 2 heterocycles. The van der Waals surface area contributed by atoms with Gasteiger partial charge in [0.05, 0.1) is 6.20 Å². The highest BCUT2D eigenvalue weighted by molar-refractivity contribution is 5.32. The first kappa shape index (κ1) is 14.0. The van der Waals surface area contributed by atoms with Crippen LogP contribution in [0, 0.1) is 12.3 Å². The van der Waals surface area contributed by atoms with E-state index < -0.39 is 0 Å². The number of pyridine rings is 1. The molecule has 0 bridgehead atoms. The molecule has 22 heavy (non-hydrogen) atoms. The number of terminal acetylenes is 1. The monoisotopic (exact) mass is 294 g/mol. The molecule has 1 aliphatic rings. The highest BCUT2D eigenvalue weighted by Gasteiger charge is 2.19. The number of aromatic nitrogens is 1. The van der Waals surface area contributed by atoms with E-state index in [1.54, 1.807) is 18.5 Å². The van der Waals surface area contributed by atoms with Gasteiger partial charge in [0.2, 0.25) is 5.88 Å². The Kier molecular flexibility index (Phi) is 4.23. The first-order chi connectivity index (χ1) is 10.8. The fourth-order valence-corrected chi connectivity index (χ4v) is 1.96. The topological polar surface area (TPSA) is 52.6 Å². The van der Waals surface area contributed by atoms with E-state index in [-0.39, 0.29) is 12.7 Å². The average Bonchev–Trinajstić information content (AvgIpc) is 3.03. The molecule has 0 spiro atoms. The molecule has 0 saturated heterocycles. The molecule has 1 N–H and O–H groups in total. The quantitative estimate of drug-likeness (QED) is 0.859. The highest BCUT2D eigenvalue weighted by atomic mass is 16.7. The van der Waals surface area contributed by atoms with Crippen molar-refractivity contribution in [2.24, 2.45) is 0 Å². The van der Waals surface area contributed by atoms with Crippen molar-refractivity contribution in [2.45, 2.75) is 6.10 Å². The van der Waals surface area contributed by atoms with E-state index in [0.29, 0.717) is 11.6 Å². The highest BCUT2D eigenvalue weighted by Crippen LogP contribution is 2.26. The molecule has 2 aromatic rings. The Labute approximate surface area is 128 Å². The van der Waals surface area contributed by atoms with Crippen molar-refractivity contribution in [3.05, 3.63) is 66.3 Å². The number of rotatable bonds is 5. The Morgan fingerprint density at radius 2 is 2.09 bits per heavy atom. The fourth-order valence-electron chi connectivity index (χ4n) is 1.96. The summed E-state index contributed by atoms with van der Waals surface area (Å²) in [7, 11) is 0. The van der Waals surface area contributed by atoms with Gasteiger partial charge < -0.3 is 9.47 Å². The Morgan fingerprint density at radius 1 is 1.23 bits per heavy atom. The SMILES string of the molecule is C#CCOc1ccc([C@H]2C=C(Oc3cccnc3)NO2)cc1. The van der Waals surface area contributed by atoms with E-state index in [1.807, 2.05) is 36.4 Å². The molecule has 1 aromatic heterocycles. The number of nitrogens with zero attached hydrogens (tertiary/aromatic N) is 1. The largest absolute Gasteiger partial charge is 0.481 e. The van der Waals surface area contributed by atoms with Crippen LogP contribution in [0.5, 0.6) is 11.5 Å². The van der Waals surface area contributed by atoms with Crippen LogP contribution < -0.4 is 15.0 Å². The first-order valence-electron chi connectivity index (χ1n) is 6.73. The van der Waals surface area contributed by atoms with E-state index in [4.69, 9.17) is 20.7 Å². The number of ether oxygens (including phenoxy) is 2. The zero-order valence-electron chi connectivity index (χ0n) is 11.7. The fraction of sp³-hybridized carbons (Fsp3) is 0.118. The molecule has 5 nitrogen and oxygen atoms in total. The lowest BCUT2D eigenvalue weighted by molar-refractivity contribution is 0.0273. The van der Waals surface area contributed by atoms with Gasteiger partial charge in [-0.3, -0.25) is 9.82 Å². The summed E-state index contributed by atoms with van der Waals surface area (Å²) in [5.41, 5.74) is 3.73. The van der Waals surface area contributed by atoms with Crippen LogP contribution in [0.2, 0.25) is 0 Å². The molecule has 1 atom stereocenters. The third-order valence-electron chi connectivity index (χ3n) is 2.98. The third kappa shape index (κ3) is 3.37. The lowest BCUT2D eigenvalue weighted by Crippen LogP contribution is -2.12. The van der Waals surface area contributed by atoms with Crippen LogP contribution in [0.4, 0.5) is 0 Å². The minimum atomic E-state index is -0.228. The summed E-state index contributed by atoms with van der Waals surface area (Å²) in [6.45, 7) is 0.254. The van der Waals surface area contributed by atoms with Gasteiger partial charge in [-0.25, -0.2) is 5.48 Å². The Balaban J connectivity index is 1.65. The maximum absolute atomic E-state index is 5.62. The number of nitrogens with one attached hydrogen (secondary N) is 1. The Hall–Kier alpha value is -2.97. The predicted molar refractivity (Wildman–Crippen MR) is 80.7 cm³/mol. The molecule has 5 heteroatoms. The molecule has 1 aromatic carbocycles. The average molecular weight is 294 g/mol. The van der Waals surface area contributed by atoms with Crippen LogP contribution in [0.3, 0.4) is 0 Å². The maximum atomic E-state index is 5.62. The van der Waals surface area contributed by atoms with Crippen molar-refractivity contribution in [1.29, 1.82) is 0 Å². The van der Waals surface area contributed by atoms with Crippen LogP contribution in [-0.4, -0.2) is 11.6 Å². The van der Waals surface area contributed by atoms with Gasteiger partial charge in [0.15, 0.2) is 0 Å². The van der Waals surface area contributed by atoms with Crippen molar-refractivity contribution in [2.75, 3.05) is 6.61 Å². The predicted octanol–water partition coefficient (Wildman–Crippen LogP) is 2.59. The second kappa shape index (κ2) is 6.66. The van der Waals surface area contributed by atoms with Crippen molar-refractivity contribution in [3.63, 3.8) is 0 Å². The lowest BCUT2D eigenvalue weighted by Gasteiger charge is -2.08. The summed E-state index contributed by atoms with van der Waals surface area (Å²) in [6.07, 6.45) is 10.1. The zero-order chi connectivity index (χ0) is 15.2. The molecule has 0 fully saturated rings. The van der Waals surface area contributed by atoms with E-state index >= 15 is 0 Å². The number of hydrogen-bond donors (Lipinski definition) is 1. The van der Waals surface area contributed by atoms with E-state index in [1.165, 1.54) is 0 Å². The number of benzene rings is 1. The van der Waals surface area contributed by atoms with Gasteiger partial charge in [0.1, 0.15) is 24.2 Å². The first-order valence-corrected chi connectivity index (χ1v) is 6.73. The molecular formula is C17H14N2O3. The standard InChI is InChI=1S/C17H14N2O3/c1-2-10-20-14-7-5-13(6-8-14)16-11-17(19-22-16)21-15-4-3-9-18-12-15/h1,3-9,11-12,16,19H,10H2/t16-/m1/s1. The van der Waals surface area contributed by atoms with Crippen LogP contribution >= 0.6 is 0 Å². The molecule has 0 unspecified atom stereocenters.